The van der Waals surface area contributed by atoms with Crippen molar-refractivity contribution in [2.45, 2.75) is 25.9 Å². The summed E-state index contributed by atoms with van der Waals surface area (Å²) in [5, 5.41) is 9.45. The second-order valence-electron chi connectivity index (χ2n) is 4.94. The molecular formula is C17H17ClO3. The Morgan fingerprint density at radius 3 is 2.62 bits per heavy atom. The normalized spacial score (nSPS) is 11.9. The molecule has 2 aromatic carbocycles. The van der Waals surface area contributed by atoms with E-state index in [4.69, 9.17) is 21.4 Å². The highest BCUT2D eigenvalue weighted by Gasteiger charge is 2.12. The molecule has 21 heavy (non-hydrogen) atoms. The van der Waals surface area contributed by atoms with Gasteiger partial charge in [-0.15, -0.1) is 0 Å². The first-order chi connectivity index (χ1) is 10.0. The number of rotatable bonds is 6. The number of hydrogen-bond acceptors (Lipinski definition) is 2. The maximum Gasteiger partial charge on any atom is 0.307 e. The van der Waals surface area contributed by atoms with Gasteiger partial charge in [-0.3, -0.25) is 4.79 Å². The smallest absolute Gasteiger partial charge is 0.307 e. The Morgan fingerprint density at radius 1 is 1.24 bits per heavy atom. The van der Waals surface area contributed by atoms with E-state index in [-0.39, 0.29) is 6.42 Å². The van der Waals surface area contributed by atoms with Gasteiger partial charge in [0, 0.05) is 11.4 Å². The van der Waals surface area contributed by atoms with E-state index in [1.807, 2.05) is 36.4 Å². The number of benzene rings is 2. The molecule has 4 heteroatoms. The van der Waals surface area contributed by atoms with Crippen molar-refractivity contribution in [2.75, 3.05) is 0 Å². The van der Waals surface area contributed by atoms with Crippen molar-refractivity contribution < 1.29 is 14.6 Å². The lowest BCUT2D eigenvalue weighted by Gasteiger charge is -2.16. The molecule has 0 amide bonds. The largest absolute Gasteiger partial charge is 0.490 e. The van der Waals surface area contributed by atoms with Crippen LogP contribution >= 0.6 is 11.6 Å². The van der Waals surface area contributed by atoms with Crippen LogP contribution in [0.3, 0.4) is 0 Å². The Kier molecular flexibility index (Phi) is 5.23. The minimum atomic E-state index is -0.874. The van der Waals surface area contributed by atoms with Gasteiger partial charge < -0.3 is 9.84 Å². The molecule has 1 N–H and O–H groups in total. The predicted octanol–water partition coefficient (Wildman–Crippen LogP) is 4.17. The third kappa shape index (κ3) is 4.80. The third-order valence-electron chi connectivity index (χ3n) is 3.05. The van der Waals surface area contributed by atoms with Crippen LogP contribution < -0.4 is 4.74 Å². The Morgan fingerprint density at radius 2 is 1.95 bits per heavy atom. The van der Waals surface area contributed by atoms with Gasteiger partial charge in [0.15, 0.2) is 0 Å². The molecule has 0 fully saturated rings. The van der Waals surface area contributed by atoms with E-state index in [1.165, 1.54) is 0 Å². The number of carbonyl (C=O) groups is 1. The lowest BCUT2D eigenvalue weighted by Crippen LogP contribution is -2.17. The molecule has 0 aromatic heterocycles. The van der Waals surface area contributed by atoms with E-state index in [2.05, 4.69) is 0 Å². The highest BCUT2D eigenvalue weighted by Crippen LogP contribution is 2.26. The van der Waals surface area contributed by atoms with E-state index in [0.717, 1.165) is 11.1 Å². The average molecular weight is 305 g/mol. The van der Waals surface area contributed by atoms with Gasteiger partial charge in [-0.05, 0) is 36.2 Å². The fourth-order valence-corrected chi connectivity index (χ4v) is 2.32. The van der Waals surface area contributed by atoms with Crippen LogP contribution in [-0.2, 0) is 11.2 Å². The highest BCUT2D eigenvalue weighted by atomic mass is 35.5. The predicted molar refractivity (Wildman–Crippen MR) is 83.0 cm³/mol. The Bertz CT molecular complexity index is 611. The van der Waals surface area contributed by atoms with E-state index >= 15 is 0 Å². The SMILES string of the molecule is CC(CC(=O)O)Oc1ccc(Cl)cc1Cc1ccccc1. The number of carboxylic acids is 1. The zero-order valence-electron chi connectivity index (χ0n) is 11.8. The summed E-state index contributed by atoms with van der Waals surface area (Å²) in [5.74, 6) is -0.196. The lowest BCUT2D eigenvalue weighted by molar-refractivity contribution is -0.138. The van der Waals surface area contributed by atoms with Gasteiger partial charge in [0.25, 0.3) is 0 Å². The van der Waals surface area contributed by atoms with Crippen LogP contribution in [-0.4, -0.2) is 17.2 Å². The van der Waals surface area contributed by atoms with E-state index < -0.39 is 12.1 Å². The summed E-state index contributed by atoms with van der Waals surface area (Å²) in [6, 6.07) is 15.4. The molecule has 0 heterocycles. The van der Waals surface area contributed by atoms with E-state index in [0.29, 0.717) is 17.2 Å². The first-order valence-electron chi connectivity index (χ1n) is 6.75. The maximum atomic E-state index is 10.7. The first kappa shape index (κ1) is 15.4. The molecule has 0 aliphatic heterocycles. The standard InChI is InChI=1S/C17H17ClO3/c1-12(9-17(19)20)21-16-8-7-15(18)11-14(16)10-13-5-3-2-4-6-13/h2-8,11-12H,9-10H2,1H3,(H,19,20). The molecule has 0 bridgehead atoms. The summed E-state index contributed by atoms with van der Waals surface area (Å²) in [6.07, 6.45) is 0.266. The molecular weight excluding hydrogens is 288 g/mol. The molecule has 1 atom stereocenters. The van der Waals surface area contributed by atoms with Crippen molar-refractivity contribution in [3.8, 4) is 5.75 Å². The molecule has 0 radical (unpaired) electrons. The summed E-state index contributed by atoms with van der Waals surface area (Å²) in [7, 11) is 0. The van der Waals surface area contributed by atoms with E-state index in [9.17, 15) is 4.79 Å². The Labute approximate surface area is 129 Å². The van der Waals surface area contributed by atoms with Crippen LogP contribution in [0.25, 0.3) is 0 Å². The molecule has 3 nitrogen and oxygen atoms in total. The van der Waals surface area contributed by atoms with E-state index in [1.54, 1.807) is 19.1 Å². The third-order valence-corrected chi connectivity index (χ3v) is 3.29. The van der Waals surface area contributed by atoms with Gasteiger partial charge in [0.2, 0.25) is 0 Å². The molecule has 0 aliphatic carbocycles. The van der Waals surface area contributed by atoms with Crippen LogP contribution in [0.5, 0.6) is 5.75 Å². The maximum absolute atomic E-state index is 10.7. The fraction of sp³-hybridized carbons (Fsp3) is 0.235. The molecule has 0 spiro atoms. The van der Waals surface area contributed by atoms with Gasteiger partial charge >= 0.3 is 5.97 Å². The fourth-order valence-electron chi connectivity index (χ4n) is 2.12. The summed E-state index contributed by atoms with van der Waals surface area (Å²) in [4.78, 5) is 10.7. The highest BCUT2D eigenvalue weighted by molar-refractivity contribution is 6.30. The van der Waals surface area contributed by atoms with Crippen molar-refractivity contribution in [3.63, 3.8) is 0 Å². The van der Waals surface area contributed by atoms with Crippen molar-refractivity contribution in [3.05, 3.63) is 64.7 Å². The van der Waals surface area contributed by atoms with Crippen molar-refractivity contribution in [2.24, 2.45) is 0 Å². The molecule has 110 valence electrons. The average Bonchev–Trinajstić information content (AvgIpc) is 2.42. The topological polar surface area (TPSA) is 46.5 Å². The molecule has 0 aliphatic rings. The van der Waals surface area contributed by atoms with Gasteiger partial charge in [0.05, 0.1) is 6.42 Å². The molecule has 0 saturated heterocycles. The monoisotopic (exact) mass is 304 g/mol. The van der Waals surface area contributed by atoms with Crippen LogP contribution in [0.15, 0.2) is 48.5 Å². The van der Waals surface area contributed by atoms with Gasteiger partial charge in [-0.1, -0.05) is 41.9 Å². The first-order valence-corrected chi connectivity index (χ1v) is 7.13. The number of ether oxygens (including phenoxy) is 1. The number of halogens is 1. The molecule has 2 aromatic rings. The van der Waals surface area contributed by atoms with Crippen molar-refractivity contribution >= 4 is 17.6 Å². The lowest BCUT2D eigenvalue weighted by atomic mass is 10.0. The summed E-state index contributed by atoms with van der Waals surface area (Å²) < 4.78 is 5.74. The van der Waals surface area contributed by atoms with Gasteiger partial charge in [-0.2, -0.15) is 0 Å². The number of carboxylic acid groups (broad SMARTS) is 1. The molecule has 0 saturated carbocycles. The zero-order valence-corrected chi connectivity index (χ0v) is 12.5. The van der Waals surface area contributed by atoms with Crippen LogP contribution in [0, 0.1) is 0 Å². The van der Waals surface area contributed by atoms with Crippen LogP contribution in [0.2, 0.25) is 5.02 Å². The summed E-state index contributed by atoms with van der Waals surface area (Å²) >= 11 is 6.05. The Balaban J connectivity index is 2.19. The number of hydrogen-bond donors (Lipinski definition) is 1. The van der Waals surface area contributed by atoms with Crippen LogP contribution in [0.4, 0.5) is 0 Å². The second kappa shape index (κ2) is 7.14. The zero-order chi connectivity index (χ0) is 15.2. The molecule has 1 unspecified atom stereocenters. The van der Waals surface area contributed by atoms with Gasteiger partial charge in [0.1, 0.15) is 11.9 Å². The minimum Gasteiger partial charge on any atom is -0.490 e. The summed E-state index contributed by atoms with van der Waals surface area (Å²) in [6.45, 7) is 1.75. The quantitative estimate of drug-likeness (QED) is 0.871. The Hall–Kier alpha value is -2.00. The van der Waals surface area contributed by atoms with Crippen molar-refractivity contribution in [1.29, 1.82) is 0 Å². The second-order valence-corrected chi connectivity index (χ2v) is 5.38. The van der Waals surface area contributed by atoms with Crippen molar-refractivity contribution in [1.82, 2.24) is 0 Å². The van der Waals surface area contributed by atoms with Gasteiger partial charge in [-0.25, -0.2) is 0 Å². The van der Waals surface area contributed by atoms with Crippen LogP contribution in [0.1, 0.15) is 24.5 Å². The minimum absolute atomic E-state index is 0.0343. The molecule has 2 rings (SSSR count). The number of aliphatic carboxylic acids is 1. The summed E-state index contributed by atoms with van der Waals surface area (Å²) in [5.41, 5.74) is 2.10.